The lowest BCUT2D eigenvalue weighted by Gasteiger charge is -2.39. The van der Waals surface area contributed by atoms with Gasteiger partial charge in [-0.2, -0.15) is 0 Å². The topological polar surface area (TPSA) is 90.0 Å². The number of imide groups is 1. The summed E-state index contributed by atoms with van der Waals surface area (Å²) in [5.41, 5.74) is -0.874. The van der Waals surface area contributed by atoms with Gasteiger partial charge in [0, 0.05) is 44.1 Å². The number of hydrogen-bond acceptors (Lipinski definition) is 4. The molecule has 2 saturated carbocycles. The predicted octanol–water partition coefficient (Wildman–Crippen LogP) is 1.98. The number of likely N-dealkylation sites (tertiary alicyclic amines) is 2. The lowest BCUT2D eigenvalue weighted by molar-refractivity contribution is -0.142. The maximum atomic E-state index is 13.4. The molecule has 0 aromatic heterocycles. The molecule has 0 radical (unpaired) electrons. The molecule has 176 valence electrons. The Kier molecular flexibility index (Phi) is 5.45. The van der Waals surface area contributed by atoms with Crippen LogP contribution in [0.1, 0.15) is 65.2 Å². The largest absolute Gasteiger partial charge is 0.342 e. The standard InChI is InChI=1S/C24H36N4O4/c1-15(2)20(29)27-13-9-24(10-14-27)22(31)28(23(32)25-24)16-7-11-26(12-8-16)21(30)19-17-5-3-4-6-18(17)19/h15-19H,3-14H2,1-2H3,(H,25,32)/t17-,18-/m0/s1. The second-order valence-corrected chi connectivity index (χ2v) is 10.9. The molecule has 2 atom stereocenters. The summed E-state index contributed by atoms with van der Waals surface area (Å²) in [5, 5.41) is 2.97. The fourth-order valence-corrected chi connectivity index (χ4v) is 6.70. The second-order valence-electron chi connectivity index (χ2n) is 10.9. The zero-order valence-electron chi connectivity index (χ0n) is 19.3. The molecule has 5 aliphatic rings. The molecule has 5 fully saturated rings. The van der Waals surface area contributed by atoms with Crippen molar-refractivity contribution >= 4 is 23.8 Å². The van der Waals surface area contributed by atoms with Crippen LogP contribution in [-0.2, 0) is 14.4 Å². The summed E-state index contributed by atoms with van der Waals surface area (Å²) in [6.07, 6.45) is 7.14. The number of rotatable bonds is 3. The summed E-state index contributed by atoms with van der Waals surface area (Å²) in [7, 11) is 0. The minimum atomic E-state index is -0.874. The van der Waals surface area contributed by atoms with Crippen LogP contribution in [0.3, 0.4) is 0 Å². The molecule has 5 amide bonds. The van der Waals surface area contributed by atoms with E-state index in [1.54, 1.807) is 4.90 Å². The van der Waals surface area contributed by atoms with E-state index in [1.807, 2.05) is 18.7 Å². The highest BCUT2D eigenvalue weighted by Gasteiger charge is 2.57. The summed E-state index contributed by atoms with van der Waals surface area (Å²) < 4.78 is 0. The van der Waals surface area contributed by atoms with Crippen LogP contribution in [0.25, 0.3) is 0 Å². The first-order valence-electron chi connectivity index (χ1n) is 12.6. The Bertz CT molecular complexity index is 799. The van der Waals surface area contributed by atoms with Crippen LogP contribution in [0.5, 0.6) is 0 Å². The zero-order chi connectivity index (χ0) is 22.6. The highest BCUT2D eigenvalue weighted by Crippen LogP contribution is 2.56. The van der Waals surface area contributed by atoms with Crippen molar-refractivity contribution in [1.29, 1.82) is 0 Å². The molecule has 0 unspecified atom stereocenters. The van der Waals surface area contributed by atoms with E-state index in [4.69, 9.17) is 0 Å². The van der Waals surface area contributed by atoms with Crippen LogP contribution in [0, 0.1) is 23.7 Å². The third-order valence-electron chi connectivity index (χ3n) is 8.70. The Labute approximate surface area is 190 Å². The molecule has 0 bridgehead atoms. The first-order chi connectivity index (χ1) is 15.3. The Morgan fingerprint density at radius 3 is 2.06 bits per heavy atom. The highest BCUT2D eigenvalue weighted by atomic mass is 16.2. The highest BCUT2D eigenvalue weighted by molar-refractivity contribution is 6.07. The molecule has 0 aromatic rings. The van der Waals surface area contributed by atoms with Gasteiger partial charge in [-0.1, -0.05) is 26.7 Å². The van der Waals surface area contributed by atoms with Gasteiger partial charge in [-0.15, -0.1) is 0 Å². The predicted molar refractivity (Wildman–Crippen MR) is 117 cm³/mol. The summed E-state index contributed by atoms with van der Waals surface area (Å²) in [5.74, 6) is 1.63. The molecule has 3 saturated heterocycles. The zero-order valence-corrected chi connectivity index (χ0v) is 19.3. The molecule has 8 heteroatoms. The molecule has 1 N–H and O–H groups in total. The van der Waals surface area contributed by atoms with Gasteiger partial charge in [-0.25, -0.2) is 4.79 Å². The van der Waals surface area contributed by atoms with Crippen molar-refractivity contribution in [3.05, 3.63) is 0 Å². The first-order valence-corrected chi connectivity index (χ1v) is 12.6. The van der Waals surface area contributed by atoms with Crippen LogP contribution < -0.4 is 5.32 Å². The third kappa shape index (κ3) is 3.50. The van der Waals surface area contributed by atoms with Gasteiger partial charge in [0.15, 0.2) is 0 Å². The number of hydrogen-bond donors (Lipinski definition) is 1. The molecular formula is C24H36N4O4. The monoisotopic (exact) mass is 444 g/mol. The van der Waals surface area contributed by atoms with Crippen LogP contribution in [-0.4, -0.2) is 76.2 Å². The number of urea groups is 1. The van der Waals surface area contributed by atoms with Gasteiger partial charge in [0.05, 0.1) is 0 Å². The van der Waals surface area contributed by atoms with Gasteiger partial charge in [0.2, 0.25) is 11.8 Å². The number of fused-ring (bicyclic) bond motifs is 1. The van der Waals surface area contributed by atoms with E-state index in [0.717, 1.165) is 0 Å². The number of nitrogens with one attached hydrogen (secondary N) is 1. The van der Waals surface area contributed by atoms with Gasteiger partial charge in [0.25, 0.3) is 5.91 Å². The van der Waals surface area contributed by atoms with E-state index in [0.29, 0.717) is 69.6 Å². The molecule has 3 aliphatic heterocycles. The molecule has 3 heterocycles. The van der Waals surface area contributed by atoms with Crippen molar-refractivity contribution in [3.63, 3.8) is 0 Å². The van der Waals surface area contributed by atoms with Crippen molar-refractivity contribution < 1.29 is 19.2 Å². The van der Waals surface area contributed by atoms with Crippen molar-refractivity contribution in [1.82, 2.24) is 20.0 Å². The summed E-state index contributed by atoms with van der Waals surface area (Å²) in [6.45, 7) is 6.00. The van der Waals surface area contributed by atoms with Crippen LogP contribution >= 0.6 is 0 Å². The van der Waals surface area contributed by atoms with Crippen molar-refractivity contribution in [3.8, 4) is 0 Å². The van der Waals surface area contributed by atoms with E-state index in [9.17, 15) is 19.2 Å². The van der Waals surface area contributed by atoms with E-state index in [2.05, 4.69) is 5.32 Å². The summed E-state index contributed by atoms with van der Waals surface area (Å²) in [6, 6.07) is -0.459. The maximum Gasteiger partial charge on any atom is 0.325 e. The maximum absolute atomic E-state index is 13.4. The quantitative estimate of drug-likeness (QED) is 0.674. The average Bonchev–Trinajstić information content (AvgIpc) is 3.48. The Morgan fingerprint density at radius 2 is 1.50 bits per heavy atom. The number of piperidine rings is 2. The van der Waals surface area contributed by atoms with E-state index < -0.39 is 5.54 Å². The molecule has 5 rings (SSSR count). The van der Waals surface area contributed by atoms with Gasteiger partial charge < -0.3 is 15.1 Å². The number of carbonyl (C=O) groups is 4. The van der Waals surface area contributed by atoms with E-state index in [1.165, 1.54) is 30.6 Å². The fraction of sp³-hybridized carbons (Fsp3) is 0.833. The van der Waals surface area contributed by atoms with Gasteiger partial charge in [0.1, 0.15) is 5.54 Å². The smallest absolute Gasteiger partial charge is 0.325 e. The number of carbonyl (C=O) groups excluding carboxylic acids is 4. The molecule has 1 spiro atoms. The fourth-order valence-electron chi connectivity index (χ4n) is 6.70. The van der Waals surface area contributed by atoms with Crippen molar-refractivity contribution in [2.45, 2.75) is 76.8 Å². The molecule has 0 aromatic carbocycles. The van der Waals surface area contributed by atoms with Crippen LogP contribution in [0.2, 0.25) is 0 Å². The minimum absolute atomic E-state index is 0.0677. The normalized spacial score (nSPS) is 32.3. The first kappa shape index (κ1) is 21.7. The second kappa shape index (κ2) is 8.03. The third-order valence-corrected chi connectivity index (χ3v) is 8.70. The molecular weight excluding hydrogens is 408 g/mol. The van der Waals surface area contributed by atoms with Crippen molar-refractivity contribution in [2.24, 2.45) is 23.7 Å². The average molecular weight is 445 g/mol. The van der Waals surface area contributed by atoms with E-state index >= 15 is 0 Å². The van der Waals surface area contributed by atoms with Gasteiger partial charge in [-0.3, -0.25) is 19.3 Å². The van der Waals surface area contributed by atoms with Crippen molar-refractivity contribution in [2.75, 3.05) is 26.2 Å². The molecule has 8 nitrogen and oxygen atoms in total. The molecule has 32 heavy (non-hydrogen) atoms. The lowest BCUT2D eigenvalue weighted by Crippen LogP contribution is -2.57. The number of amides is 5. The lowest BCUT2D eigenvalue weighted by atomic mass is 9.86. The van der Waals surface area contributed by atoms with E-state index in [-0.39, 0.29) is 35.7 Å². The molecule has 2 aliphatic carbocycles. The Morgan fingerprint density at radius 1 is 0.906 bits per heavy atom. The Balaban J connectivity index is 1.17. The SMILES string of the molecule is CC(C)C(=O)N1CCC2(CC1)NC(=O)N(C1CCN(C(=O)C3[C@H]4CCCC[C@H]34)CC1)C2=O. The van der Waals surface area contributed by atoms with Gasteiger partial charge in [-0.05, 0) is 50.4 Å². The van der Waals surface area contributed by atoms with Crippen LogP contribution in [0.15, 0.2) is 0 Å². The van der Waals surface area contributed by atoms with Gasteiger partial charge >= 0.3 is 6.03 Å². The van der Waals surface area contributed by atoms with Crippen LogP contribution in [0.4, 0.5) is 4.79 Å². The summed E-state index contributed by atoms with van der Waals surface area (Å²) in [4.78, 5) is 56.7. The minimum Gasteiger partial charge on any atom is -0.342 e. The number of nitrogens with zero attached hydrogens (tertiary/aromatic N) is 3. The summed E-state index contributed by atoms with van der Waals surface area (Å²) >= 11 is 0. The Hall–Kier alpha value is -2.12.